The fourth-order valence-corrected chi connectivity index (χ4v) is 2.11. The van der Waals surface area contributed by atoms with Gasteiger partial charge in [-0.1, -0.05) is 11.6 Å². The summed E-state index contributed by atoms with van der Waals surface area (Å²) in [7, 11) is 1.44. The number of hydrogen-bond donors (Lipinski definition) is 3. The summed E-state index contributed by atoms with van der Waals surface area (Å²) in [6.45, 7) is 0.190. The fourth-order valence-electron chi connectivity index (χ4n) is 1.98. The van der Waals surface area contributed by atoms with E-state index in [-0.39, 0.29) is 30.5 Å². The van der Waals surface area contributed by atoms with Crippen molar-refractivity contribution in [3.8, 4) is 11.5 Å². The SMILES string of the molecule is COc1ccc(NC(=O)CCNC(=O)c2ccc(Cl)cc2)cc1O. The Balaban J connectivity index is 1.80. The number of hydrogen-bond acceptors (Lipinski definition) is 4. The van der Waals surface area contributed by atoms with Gasteiger partial charge >= 0.3 is 0 Å². The van der Waals surface area contributed by atoms with Crippen molar-refractivity contribution in [3.63, 3.8) is 0 Å². The third kappa shape index (κ3) is 4.89. The summed E-state index contributed by atoms with van der Waals surface area (Å²) in [6.07, 6.45) is 0.103. The van der Waals surface area contributed by atoms with E-state index in [0.29, 0.717) is 22.0 Å². The first-order valence-corrected chi connectivity index (χ1v) is 7.58. The van der Waals surface area contributed by atoms with Crippen molar-refractivity contribution >= 4 is 29.1 Å². The van der Waals surface area contributed by atoms with Gasteiger partial charge in [0.05, 0.1) is 7.11 Å². The maximum atomic E-state index is 11.9. The van der Waals surface area contributed by atoms with Gasteiger partial charge in [-0.3, -0.25) is 9.59 Å². The molecule has 0 saturated heterocycles. The molecule has 3 N–H and O–H groups in total. The highest BCUT2D eigenvalue weighted by Crippen LogP contribution is 2.28. The maximum Gasteiger partial charge on any atom is 0.251 e. The number of nitrogens with one attached hydrogen (secondary N) is 2. The molecule has 0 heterocycles. The Hall–Kier alpha value is -2.73. The highest BCUT2D eigenvalue weighted by Gasteiger charge is 2.08. The third-order valence-electron chi connectivity index (χ3n) is 3.21. The summed E-state index contributed by atoms with van der Waals surface area (Å²) in [6, 6.07) is 11.0. The zero-order valence-corrected chi connectivity index (χ0v) is 13.8. The van der Waals surface area contributed by atoms with Crippen molar-refractivity contribution in [2.24, 2.45) is 0 Å². The van der Waals surface area contributed by atoms with Crippen LogP contribution in [0.5, 0.6) is 11.5 Å². The molecule has 0 atom stereocenters. The van der Waals surface area contributed by atoms with Crippen LogP contribution in [0.4, 0.5) is 5.69 Å². The number of rotatable bonds is 6. The molecule has 0 saturated carbocycles. The van der Waals surface area contributed by atoms with Crippen LogP contribution in [-0.2, 0) is 4.79 Å². The van der Waals surface area contributed by atoms with E-state index in [1.165, 1.54) is 13.2 Å². The van der Waals surface area contributed by atoms with Crippen molar-refractivity contribution in [2.75, 3.05) is 19.0 Å². The number of carbonyl (C=O) groups excluding carboxylic acids is 2. The van der Waals surface area contributed by atoms with Crippen LogP contribution in [0.2, 0.25) is 5.02 Å². The molecule has 24 heavy (non-hydrogen) atoms. The van der Waals surface area contributed by atoms with Crippen LogP contribution in [0.1, 0.15) is 16.8 Å². The van der Waals surface area contributed by atoms with Gasteiger partial charge in [0.2, 0.25) is 5.91 Å². The van der Waals surface area contributed by atoms with Gasteiger partial charge in [-0.15, -0.1) is 0 Å². The summed E-state index contributed by atoms with van der Waals surface area (Å²) in [5, 5.41) is 15.5. The highest BCUT2D eigenvalue weighted by molar-refractivity contribution is 6.30. The number of carbonyl (C=O) groups is 2. The first-order valence-electron chi connectivity index (χ1n) is 7.20. The van der Waals surface area contributed by atoms with Crippen molar-refractivity contribution < 1.29 is 19.4 Å². The lowest BCUT2D eigenvalue weighted by molar-refractivity contribution is -0.116. The van der Waals surface area contributed by atoms with Crippen molar-refractivity contribution in [2.45, 2.75) is 6.42 Å². The predicted octanol–water partition coefficient (Wildman–Crippen LogP) is 2.81. The molecule has 126 valence electrons. The molecule has 6 nitrogen and oxygen atoms in total. The van der Waals surface area contributed by atoms with Gasteiger partial charge in [0.15, 0.2) is 11.5 Å². The Morgan fingerprint density at radius 1 is 1.17 bits per heavy atom. The van der Waals surface area contributed by atoms with Crippen molar-refractivity contribution in [1.29, 1.82) is 0 Å². The molecule has 0 aliphatic carbocycles. The molecule has 0 aliphatic heterocycles. The molecule has 2 rings (SSSR count). The van der Waals surface area contributed by atoms with Crippen LogP contribution < -0.4 is 15.4 Å². The van der Waals surface area contributed by atoms with Crippen LogP contribution in [0.3, 0.4) is 0 Å². The standard InChI is InChI=1S/C17H17ClN2O4/c1-24-15-7-6-13(10-14(15)21)20-16(22)8-9-19-17(23)11-2-4-12(18)5-3-11/h2-7,10,21H,8-9H2,1H3,(H,19,23)(H,20,22). The monoisotopic (exact) mass is 348 g/mol. The second kappa shape index (κ2) is 8.21. The quantitative estimate of drug-likeness (QED) is 0.749. The summed E-state index contributed by atoms with van der Waals surface area (Å²) < 4.78 is 4.93. The molecule has 0 spiro atoms. The first kappa shape index (κ1) is 17.6. The van der Waals surface area contributed by atoms with E-state index < -0.39 is 0 Å². The van der Waals surface area contributed by atoms with Gasteiger partial charge in [0, 0.05) is 35.3 Å². The maximum absolute atomic E-state index is 11.9. The number of aromatic hydroxyl groups is 1. The van der Waals surface area contributed by atoms with Gasteiger partial charge in [-0.05, 0) is 36.4 Å². The molecule has 2 aromatic carbocycles. The average Bonchev–Trinajstić information content (AvgIpc) is 2.55. The van der Waals surface area contributed by atoms with Crippen LogP contribution in [0.25, 0.3) is 0 Å². The normalized spacial score (nSPS) is 10.1. The minimum atomic E-state index is -0.282. The second-order valence-corrected chi connectivity index (χ2v) is 5.38. The lowest BCUT2D eigenvalue weighted by Gasteiger charge is -2.09. The Morgan fingerprint density at radius 3 is 2.50 bits per heavy atom. The highest BCUT2D eigenvalue weighted by atomic mass is 35.5. The number of halogens is 1. The molecular formula is C17H17ClN2O4. The average molecular weight is 349 g/mol. The second-order valence-electron chi connectivity index (χ2n) is 4.95. The van der Waals surface area contributed by atoms with Crippen molar-refractivity contribution in [3.05, 3.63) is 53.1 Å². The Labute approximate surface area is 144 Å². The van der Waals surface area contributed by atoms with E-state index in [9.17, 15) is 14.7 Å². The Kier molecular flexibility index (Phi) is 6.03. The van der Waals surface area contributed by atoms with E-state index >= 15 is 0 Å². The molecule has 0 aromatic heterocycles. The molecule has 2 amide bonds. The Bertz CT molecular complexity index is 732. The largest absolute Gasteiger partial charge is 0.504 e. The number of phenolic OH excluding ortho intramolecular Hbond substituents is 1. The smallest absolute Gasteiger partial charge is 0.251 e. The summed E-state index contributed by atoms with van der Waals surface area (Å²) in [5.41, 5.74) is 0.919. The number of anilines is 1. The zero-order valence-electron chi connectivity index (χ0n) is 13.0. The Morgan fingerprint density at radius 2 is 1.88 bits per heavy atom. The van der Waals surface area contributed by atoms with Crippen LogP contribution in [0.15, 0.2) is 42.5 Å². The predicted molar refractivity (Wildman–Crippen MR) is 91.7 cm³/mol. The molecule has 0 radical (unpaired) electrons. The number of ether oxygens (including phenoxy) is 1. The number of phenols is 1. The summed E-state index contributed by atoms with van der Waals surface area (Å²) >= 11 is 5.76. The third-order valence-corrected chi connectivity index (χ3v) is 3.46. The van der Waals surface area contributed by atoms with Crippen LogP contribution >= 0.6 is 11.6 Å². The lowest BCUT2D eigenvalue weighted by Crippen LogP contribution is -2.27. The minimum absolute atomic E-state index is 0.0636. The zero-order chi connectivity index (χ0) is 17.5. The molecule has 0 aliphatic rings. The van der Waals surface area contributed by atoms with E-state index in [4.69, 9.17) is 16.3 Å². The summed E-state index contributed by atoms with van der Waals surface area (Å²) in [4.78, 5) is 23.7. The molecule has 0 bridgehead atoms. The van der Waals surface area contributed by atoms with Gasteiger partial charge in [-0.25, -0.2) is 0 Å². The molecular weight excluding hydrogens is 332 g/mol. The molecule has 7 heteroatoms. The summed E-state index contributed by atoms with van der Waals surface area (Å²) in [5.74, 6) is -0.299. The van der Waals surface area contributed by atoms with E-state index in [2.05, 4.69) is 10.6 Å². The molecule has 0 unspecified atom stereocenters. The van der Waals surface area contributed by atoms with Gasteiger partial charge in [0.1, 0.15) is 0 Å². The topological polar surface area (TPSA) is 87.7 Å². The van der Waals surface area contributed by atoms with Gasteiger partial charge in [-0.2, -0.15) is 0 Å². The molecule has 2 aromatic rings. The van der Waals surface area contributed by atoms with Crippen LogP contribution in [0, 0.1) is 0 Å². The minimum Gasteiger partial charge on any atom is -0.504 e. The van der Waals surface area contributed by atoms with E-state index in [0.717, 1.165) is 0 Å². The van der Waals surface area contributed by atoms with Gasteiger partial charge in [0.25, 0.3) is 5.91 Å². The first-order chi connectivity index (χ1) is 11.5. The van der Waals surface area contributed by atoms with E-state index in [1.54, 1.807) is 36.4 Å². The van der Waals surface area contributed by atoms with E-state index in [1.807, 2.05) is 0 Å². The van der Waals surface area contributed by atoms with Crippen molar-refractivity contribution in [1.82, 2.24) is 5.32 Å². The van der Waals surface area contributed by atoms with Crippen LogP contribution in [-0.4, -0.2) is 30.6 Å². The van der Waals surface area contributed by atoms with Gasteiger partial charge < -0.3 is 20.5 Å². The number of benzene rings is 2. The number of amides is 2. The lowest BCUT2D eigenvalue weighted by atomic mass is 10.2. The fraction of sp³-hybridized carbons (Fsp3) is 0.176. The molecule has 0 fully saturated rings. The number of methoxy groups -OCH3 is 1.